The predicted octanol–water partition coefficient (Wildman–Crippen LogP) is 6.49. The van der Waals surface area contributed by atoms with Gasteiger partial charge in [0, 0.05) is 16.9 Å². The van der Waals surface area contributed by atoms with E-state index in [1.165, 1.54) is 22.9 Å². The number of thioether (sulfide) groups is 1. The highest BCUT2D eigenvalue weighted by molar-refractivity contribution is 7.99. The Morgan fingerprint density at radius 1 is 0.970 bits per heavy atom. The first-order valence-electron chi connectivity index (χ1n) is 11.2. The van der Waals surface area contributed by atoms with Crippen molar-refractivity contribution in [3.8, 4) is 17.1 Å². The monoisotopic (exact) mass is 456 g/mol. The van der Waals surface area contributed by atoms with Crippen LogP contribution in [-0.4, -0.2) is 26.4 Å². The van der Waals surface area contributed by atoms with Crippen molar-refractivity contribution in [2.24, 2.45) is 0 Å². The van der Waals surface area contributed by atoms with Gasteiger partial charge in [-0.1, -0.05) is 85.8 Å². The smallest absolute Gasteiger partial charge is 0.234 e. The van der Waals surface area contributed by atoms with Crippen molar-refractivity contribution in [1.29, 1.82) is 0 Å². The number of aromatic nitrogens is 3. The van der Waals surface area contributed by atoms with E-state index in [1.807, 2.05) is 59.2 Å². The molecule has 0 radical (unpaired) electrons. The topological polar surface area (TPSA) is 59.8 Å². The van der Waals surface area contributed by atoms with E-state index in [1.54, 1.807) is 0 Å². The van der Waals surface area contributed by atoms with E-state index in [2.05, 4.69) is 60.6 Å². The fraction of sp³-hybridized carbons (Fsp3) is 0.222. The van der Waals surface area contributed by atoms with Crippen LogP contribution in [0.3, 0.4) is 0 Å². The van der Waals surface area contributed by atoms with Gasteiger partial charge < -0.3 is 5.32 Å². The van der Waals surface area contributed by atoms with E-state index in [0.29, 0.717) is 11.1 Å². The molecule has 1 unspecified atom stereocenters. The predicted molar refractivity (Wildman–Crippen MR) is 136 cm³/mol. The third-order valence-electron chi connectivity index (χ3n) is 5.67. The van der Waals surface area contributed by atoms with E-state index in [9.17, 15) is 4.79 Å². The largest absolute Gasteiger partial charge is 0.325 e. The van der Waals surface area contributed by atoms with E-state index in [0.717, 1.165) is 29.2 Å². The summed E-state index contributed by atoms with van der Waals surface area (Å²) >= 11 is 1.38. The van der Waals surface area contributed by atoms with Crippen molar-refractivity contribution in [1.82, 2.24) is 14.8 Å². The van der Waals surface area contributed by atoms with Gasteiger partial charge in [0.25, 0.3) is 0 Å². The maximum Gasteiger partial charge on any atom is 0.234 e. The van der Waals surface area contributed by atoms with Crippen LogP contribution in [0.1, 0.15) is 37.3 Å². The minimum Gasteiger partial charge on any atom is -0.325 e. The molecule has 0 saturated heterocycles. The Bertz CT molecular complexity index is 1200. The van der Waals surface area contributed by atoms with Crippen LogP contribution >= 0.6 is 11.8 Å². The number of hydrogen-bond donors (Lipinski definition) is 1. The summed E-state index contributed by atoms with van der Waals surface area (Å²) in [6.07, 6.45) is 1.09. The van der Waals surface area contributed by atoms with Crippen LogP contribution in [0.25, 0.3) is 17.1 Å². The van der Waals surface area contributed by atoms with Gasteiger partial charge in [-0.2, -0.15) is 0 Å². The summed E-state index contributed by atoms with van der Waals surface area (Å²) in [7, 11) is 0. The molecule has 0 bridgehead atoms. The van der Waals surface area contributed by atoms with Crippen molar-refractivity contribution >= 4 is 23.4 Å². The molecule has 1 atom stereocenters. The molecule has 3 aromatic carbocycles. The van der Waals surface area contributed by atoms with E-state index in [-0.39, 0.29) is 11.7 Å². The summed E-state index contributed by atoms with van der Waals surface area (Å²) in [6, 6.07) is 26.3. The number of nitrogens with zero attached hydrogens (tertiary/aromatic N) is 3. The van der Waals surface area contributed by atoms with Gasteiger partial charge in [0.2, 0.25) is 5.91 Å². The lowest BCUT2D eigenvalue weighted by atomic mass is 9.99. The van der Waals surface area contributed by atoms with Gasteiger partial charge in [-0.15, -0.1) is 10.2 Å². The van der Waals surface area contributed by atoms with E-state index < -0.39 is 0 Å². The summed E-state index contributed by atoms with van der Waals surface area (Å²) in [5.41, 5.74) is 5.21. The van der Waals surface area contributed by atoms with Gasteiger partial charge in [-0.05, 0) is 49.1 Å². The Labute approximate surface area is 199 Å². The van der Waals surface area contributed by atoms with Crippen LogP contribution in [0, 0.1) is 6.92 Å². The lowest BCUT2D eigenvalue weighted by molar-refractivity contribution is -0.113. The average molecular weight is 457 g/mol. The minimum absolute atomic E-state index is 0.0733. The van der Waals surface area contributed by atoms with Crippen LogP contribution in [-0.2, 0) is 4.79 Å². The lowest BCUT2D eigenvalue weighted by Crippen LogP contribution is -2.14. The van der Waals surface area contributed by atoms with Gasteiger partial charge in [-0.25, -0.2) is 0 Å². The molecular weight excluding hydrogens is 428 g/mol. The van der Waals surface area contributed by atoms with Crippen molar-refractivity contribution in [3.05, 3.63) is 90.0 Å². The second-order valence-corrected chi connectivity index (χ2v) is 9.05. The highest BCUT2D eigenvalue weighted by atomic mass is 32.2. The van der Waals surface area contributed by atoms with Gasteiger partial charge in [0.05, 0.1) is 5.75 Å². The molecule has 1 aromatic heterocycles. The fourth-order valence-corrected chi connectivity index (χ4v) is 4.27. The van der Waals surface area contributed by atoms with Crippen LogP contribution in [0.4, 0.5) is 5.69 Å². The fourth-order valence-electron chi connectivity index (χ4n) is 3.52. The van der Waals surface area contributed by atoms with Crippen molar-refractivity contribution in [2.45, 2.75) is 38.3 Å². The first kappa shape index (κ1) is 22.8. The van der Waals surface area contributed by atoms with Crippen LogP contribution < -0.4 is 5.32 Å². The van der Waals surface area contributed by atoms with Gasteiger partial charge >= 0.3 is 0 Å². The first-order chi connectivity index (χ1) is 16.0. The molecular formula is C27H28N4OS. The zero-order chi connectivity index (χ0) is 23.2. The molecule has 0 aliphatic heterocycles. The zero-order valence-electron chi connectivity index (χ0n) is 19.2. The molecule has 5 nitrogen and oxygen atoms in total. The molecule has 0 fully saturated rings. The summed E-state index contributed by atoms with van der Waals surface area (Å²) in [6.45, 7) is 6.44. The van der Waals surface area contributed by atoms with E-state index in [4.69, 9.17) is 0 Å². The summed E-state index contributed by atoms with van der Waals surface area (Å²) in [4.78, 5) is 12.6. The average Bonchev–Trinajstić information content (AvgIpc) is 3.27. The number of anilines is 1. The number of benzene rings is 3. The zero-order valence-corrected chi connectivity index (χ0v) is 20.0. The highest BCUT2D eigenvalue weighted by Gasteiger charge is 2.17. The van der Waals surface area contributed by atoms with Crippen molar-refractivity contribution in [3.63, 3.8) is 0 Å². The van der Waals surface area contributed by atoms with Gasteiger partial charge in [-0.3, -0.25) is 9.36 Å². The number of hydrogen-bond acceptors (Lipinski definition) is 4. The molecule has 1 heterocycles. The summed E-state index contributed by atoms with van der Waals surface area (Å²) in [5, 5.41) is 12.5. The molecule has 33 heavy (non-hydrogen) atoms. The molecule has 1 amide bonds. The number of aryl methyl sites for hydroxylation is 1. The quantitative estimate of drug-likeness (QED) is 0.308. The van der Waals surface area contributed by atoms with Crippen molar-refractivity contribution < 1.29 is 4.79 Å². The Morgan fingerprint density at radius 3 is 2.33 bits per heavy atom. The number of para-hydroxylation sites is 1. The SMILES string of the molecule is CCC(C)c1ccc(NC(=O)CSc2nnc(-c3ccc(C)cc3)n2-c2ccccc2)cc1. The maximum absolute atomic E-state index is 12.6. The third kappa shape index (κ3) is 5.52. The number of carbonyl (C=O) groups excluding carboxylic acids is 1. The molecule has 168 valence electrons. The van der Waals surface area contributed by atoms with Crippen LogP contribution in [0.5, 0.6) is 0 Å². The van der Waals surface area contributed by atoms with Gasteiger partial charge in [0.15, 0.2) is 11.0 Å². The molecule has 4 rings (SSSR count). The molecule has 1 N–H and O–H groups in total. The third-order valence-corrected chi connectivity index (χ3v) is 6.59. The Morgan fingerprint density at radius 2 is 1.67 bits per heavy atom. The second kappa shape index (κ2) is 10.5. The number of amides is 1. The maximum atomic E-state index is 12.6. The molecule has 0 spiro atoms. The molecule has 0 saturated carbocycles. The minimum atomic E-state index is -0.0733. The number of rotatable bonds is 8. The summed E-state index contributed by atoms with van der Waals surface area (Å²) in [5.74, 6) is 1.43. The molecule has 0 aliphatic carbocycles. The second-order valence-electron chi connectivity index (χ2n) is 8.11. The first-order valence-corrected chi connectivity index (χ1v) is 12.1. The van der Waals surface area contributed by atoms with Crippen LogP contribution in [0.2, 0.25) is 0 Å². The molecule has 4 aromatic rings. The van der Waals surface area contributed by atoms with Crippen LogP contribution in [0.15, 0.2) is 84.0 Å². The standard InChI is InChI=1S/C27H28N4OS/c1-4-20(3)21-14-16-23(17-15-21)28-25(32)18-33-27-30-29-26(22-12-10-19(2)11-13-22)31(27)24-8-6-5-7-9-24/h5-17,20H,4,18H2,1-3H3,(H,28,32). The van der Waals surface area contributed by atoms with Gasteiger partial charge in [0.1, 0.15) is 0 Å². The van der Waals surface area contributed by atoms with E-state index >= 15 is 0 Å². The molecule has 0 aliphatic rings. The number of nitrogens with one attached hydrogen (secondary N) is 1. The normalized spacial score (nSPS) is 11.8. The summed E-state index contributed by atoms with van der Waals surface area (Å²) < 4.78 is 2.00. The Hall–Kier alpha value is -3.38. The Balaban J connectivity index is 1.51. The highest BCUT2D eigenvalue weighted by Crippen LogP contribution is 2.28. The molecule has 6 heteroatoms. The number of carbonyl (C=O) groups is 1. The lowest BCUT2D eigenvalue weighted by Gasteiger charge is -2.11. The van der Waals surface area contributed by atoms with Crippen molar-refractivity contribution in [2.75, 3.05) is 11.1 Å². The Kier molecular flexibility index (Phi) is 7.25.